The summed E-state index contributed by atoms with van der Waals surface area (Å²) < 4.78 is 26.3. The van der Waals surface area contributed by atoms with Crippen molar-refractivity contribution in [1.82, 2.24) is 10.2 Å². The molecule has 0 saturated carbocycles. The topological polar surface area (TPSA) is 52.2 Å². The Labute approximate surface area is 317 Å². The molecule has 0 amide bonds. The lowest BCUT2D eigenvalue weighted by molar-refractivity contribution is -0.206. The molecule has 0 spiro atoms. The number of morpholine rings is 1. The molecule has 5 aromatic carbocycles. The lowest BCUT2D eigenvalue weighted by Gasteiger charge is -2.45. The van der Waals surface area contributed by atoms with Gasteiger partial charge in [-0.3, -0.25) is 4.90 Å². The minimum Gasteiger partial charge on any atom is -0.489 e. The number of rotatable bonds is 17. The van der Waals surface area contributed by atoms with Crippen molar-refractivity contribution in [3.8, 4) is 5.75 Å². The maximum Gasteiger partial charge on any atom is 0.172 e. The minimum absolute atomic E-state index is 0.0222. The number of hydrogen-bond acceptors (Lipinski definition) is 6. The van der Waals surface area contributed by atoms with Crippen molar-refractivity contribution in [3.05, 3.63) is 173 Å². The zero-order valence-electron chi connectivity index (χ0n) is 31.8. The molecule has 6 rings (SSSR count). The van der Waals surface area contributed by atoms with E-state index in [4.69, 9.17) is 18.9 Å². The van der Waals surface area contributed by atoms with Crippen LogP contribution in [0.4, 0.5) is 0 Å². The van der Waals surface area contributed by atoms with E-state index in [1.54, 1.807) is 0 Å². The Morgan fingerprint density at radius 3 is 1.75 bits per heavy atom. The Morgan fingerprint density at radius 1 is 0.679 bits per heavy atom. The SMILES string of the molecule is CC1NC(C(OCc2ccccc2)C(Cc2cccc(OCc3ccccc3)c2)N(Cc2ccccc2)Cc2ccccc2)COC1OCC(C)(C)C. The molecule has 0 radical (unpaired) electrons. The minimum atomic E-state index is -0.332. The lowest BCUT2D eigenvalue weighted by atomic mass is 9.92. The van der Waals surface area contributed by atoms with E-state index in [1.165, 1.54) is 16.7 Å². The number of hydrogen-bond donors (Lipinski definition) is 1. The van der Waals surface area contributed by atoms with E-state index < -0.39 is 0 Å². The largest absolute Gasteiger partial charge is 0.489 e. The molecule has 5 atom stereocenters. The molecule has 6 heteroatoms. The summed E-state index contributed by atoms with van der Waals surface area (Å²) in [6, 6.07) is 50.7. The fourth-order valence-corrected chi connectivity index (χ4v) is 6.91. The first kappa shape index (κ1) is 38.4. The predicted molar refractivity (Wildman–Crippen MR) is 213 cm³/mol. The monoisotopic (exact) mass is 712 g/mol. The third-order valence-electron chi connectivity index (χ3n) is 9.58. The Morgan fingerprint density at radius 2 is 1.21 bits per heavy atom. The first-order valence-corrected chi connectivity index (χ1v) is 19.0. The fourth-order valence-electron chi connectivity index (χ4n) is 6.91. The molecule has 1 saturated heterocycles. The molecule has 5 unspecified atom stereocenters. The molecule has 1 aliphatic heterocycles. The van der Waals surface area contributed by atoms with Gasteiger partial charge in [0.25, 0.3) is 0 Å². The second-order valence-corrected chi connectivity index (χ2v) is 15.5. The Balaban J connectivity index is 1.35. The zero-order chi connectivity index (χ0) is 36.9. The first-order valence-electron chi connectivity index (χ1n) is 19.0. The summed E-state index contributed by atoms with van der Waals surface area (Å²) >= 11 is 0. The highest BCUT2D eigenvalue weighted by Gasteiger charge is 2.40. The molecule has 1 aliphatic rings. The van der Waals surface area contributed by atoms with Gasteiger partial charge in [0.15, 0.2) is 6.29 Å². The molecular weight excluding hydrogens is 657 g/mol. The average molecular weight is 713 g/mol. The highest BCUT2D eigenvalue weighted by molar-refractivity contribution is 5.30. The van der Waals surface area contributed by atoms with Crippen molar-refractivity contribution in [2.75, 3.05) is 13.2 Å². The molecular formula is C47H56N2O4. The zero-order valence-corrected chi connectivity index (χ0v) is 31.8. The summed E-state index contributed by atoms with van der Waals surface area (Å²) in [5.41, 5.74) is 6.03. The summed E-state index contributed by atoms with van der Waals surface area (Å²) in [4.78, 5) is 2.59. The van der Waals surface area contributed by atoms with Crippen LogP contribution in [0.15, 0.2) is 146 Å². The molecule has 6 nitrogen and oxygen atoms in total. The van der Waals surface area contributed by atoms with Gasteiger partial charge in [0.1, 0.15) is 12.4 Å². The van der Waals surface area contributed by atoms with Crippen molar-refractivity contribution in [1.29, 1.82) is 0 Å². The van der Waals surface area contributed by atoms with Crippen molar-refractivity contribution in [3.63, 3.8) is 0 Å². The number of benzene rings is 5. The van der Waals surface area contributed by atoms with Crippen LogP contribution < -0.4 is 10.1 Å². The number of nitrogens with zero attached hydrogens (tertiary/aromatic N) is 1. The van der Waals surface area contributed by atoms with Crippen molar-refractivity contribution in [2.45, 2.75) is 90.9 Å². The molecule has 0 bridgehead atoms. The van der Waals surface area contributed by atoms with Gasteiger partial charge in [0, 0.05) is 19.1 Å². The third kappa shape index (κ3) is 12.1. The average Bonchev–Trinajstić information content (AvgIpc) is 3.17. The fraction of sp³-hybridized carbons (Fsp3) is 0.362. The van der Waals surface area contributed by atoms with Gasteiger partial charge in [0.2, 0.25) is 0 Å². The second-order valence-electron chi connectivity index (χ2n) is 15.5. The lowest BCUT2D eigenvalue weighted by Crippen LogP contribution is -2.63. The molecule has 1 fully saturated rings. The molecule has 278 valence electrons. The Hall–Kier alpha value is -4.30. The van der Waals surface area contributed by atoms with Gasteiger partial charge in [-0.05, 0) is 58.7 Å². The molecule has 0 aromatic heterocycles. The van der Waals surface area contributed by atoms with Crippen molar-refractivity contribution in [2.24, 2.45) is 5.41 Å². The van der Waals surface area contributed by atoms with Crippen LogP contribution in [-0.2, 0) is 46.9 Å². The first-order chi connectivity index (χ1) is 25.8. The van der Waals surface area contributed by atoms with E-state index in [-0.39, 0.29) is 35.9 Å². The smallest absolute Gasteiger partial charge is 0.172 e. The van der Waals surface area contributed by atoms with E-state index in [0.29, 0.717) is 26.4 Å². The maximum absolute atomic E-state index is 7.14. The number of nitrogens with one attached hydrogen (secondary N) is 1. The molecule has 53 heavy (non-hydrogen) atoms. The predicted octanol–water partition coefficient (Wildman–Crippen LogP) is 9.23. The van der Waals surface area contributed by atoms with Crippen LogP contribution in [0.1, 0.15) is 55.5 Å². The summed E-state index contributed by atoms with van der Waals surface area (Å²) in [5, 5.41) is 3.91. The van der Waals surface area contributed by atoms with Gasteiger partial charge in [-0.1, -0.05) is 154 Å². The van der Waals surface area contributed by atoms with Gasteiger partial charge < -0.3 is 24.3 Å². The number of ether oxygens (including phenoxy) is 4. The van der Waals surface area contributed by atoms with Gasteiger partial charge in [-0.25, -0.2) is 0 Å². The van der Waals surface area contributed by atoms with E-state index in [2.05, 4.69) is 153 Å². The van der Waals surface area contributed by atoms with E-state index in [9.17, 15) is 0 Å². The van der Waals surface area contributed by atoms with Crippen LogP contribution in [0.2, 0.25) is 0 Å². The summed E-state index contributed by atoms with van der Waals surface area (Å²) in [6.07, 6.45) is 0.183. The van der Waals surface area contributed by atoms with Crippen LogP contribution in [-0.4, -0.2) is 48.6 Å². The maximum atomic E-state index is 7.14. The Bertz CT molecular complexity index is 1720. The van der Waals surface area contributed by atoms with Crippen LogP contribution in [0.5, 0.6) is 5.75 Å². The van der Waals surface area contributed by atoms with Gasteiger partial charge >= 0.3 is 0 Å². The van der Waals surface area contributed by atoms with E-state index >= 15 is 0 Å². The highest BCUT2D eigenvalue weighted by atomic mass is 16.7. The highest BCUT2D eigenvalue weighted by Crippen LogP contribution is 2.28. The van der Waals surface area contributed by atoms with E-state index in [1.807, 2.05) is 30.3 Å². The molecule has 1 N–H and O–H groups in total. The second kappa shape index (κ2) is 19.2. The molecule has 5 aromatic rings. The van der Waals surface area contributed by atoms with E-state index in [0.717, 1.165) is 36.4 Å². The summed E-state index contributed by atoms with van der Waals surface area (Å²) in [7, 11) is 0. The van der Waals surface area contributed by atoms with Gasteiger partial charge in [-0.15, -0.1) is 0 Å². The van der Waals surface area contributed by atoms with Gasteiger partial charge in [-0.2, -0.15) is 0 Å². The Kier molecular flexibility index (Phi) is 13.9. The van der Waals surface area contributed by atoms with Gasteiger partial charge in [0.05, 0.1) is 38.0 Å². The normalized spacial score (nSPS) is 18.8. The van der Waals surface area contributed by atoms with Crippen LogP contribution in [0.25, 0.3) is 0 Å². The molecule has 1 heterocycles. The van der Waals surface area contributed by atoms with Crippen LogP contribution in [0.3, 0.4) is 0 Å². The summed E-state index contributed by atoms with van der Waals surface area (Å²) in [5.74, 6) is 0.858. The quantitative estimate of drug-likeness (QED) is 0.104. The van der Waals surface area contributed by atoms with Crippen molar-refractivity contribution >= 4 is 0 Å². The van der Waals surface area contributed by atoms with Crippen LogP contribution in [0, 0.1) is 5.41 Å². The third-order valence-corrected chi connectivity index (χ3v) is 9.58. The van der Waals surface area contributed by atoms with Crippen molar-refractivity contribution < 1.29 is 18.9 Å². The summed E-state index contributed by atoms with van der Waals surface area (Å²) in [6.45, 7) is 12.3. The standard InChI is InChI=1S/C47H56N2O4/c1-36-46(53-35-47(2,3)4)52-34-43(48-36)45(51-33-40-24-15-8-16-25-40)44(29-41-26-17-27-42(28-41)50-32-39-22-13-7-14-23-39)49(30-37-18-9-5-10-19-37)31-38-20-11-6-12-21-38/h5-28,36,43-46,48H,29-35H2,1-4H3. The molecule has 0 aliphatic carbocycles. The van der Waals surface area contributed by atoms with Crippen LogP contribution >= 0.6 is 0 Å².